The molecule has 9 heteroatoms. The van der Waals surface area contributed by atoms with Crippen molar-refractivity contribution >= 4 is 46.1 Å². The Labute approximate surface area is 162 Å². The van der Waals surface area contributed by atoms with E-state index in [0.29, 0.717) is 29.7 Å². The first-order chi connectivity index (χ1) is 12.1. The number of fused-ring (bicyclic) bond motifs is 1. The van der Waals surface area contributed by atoms with E-state index in [1.807, 2.05) is 38.8 Å². The molecule has 1 aliphatic rings. The van der Waals surface area contributed by atoms with Gasteiger partial charge >= 0.3 is 6.09 Å². The highest BCUT2D eigenvalue weighted by Gasteiger charge is 2.32. The standard InChI is InChI=1S/C17H21Cl2N5O2/c1-17(2,3)26-16(25)24-8-7-10(9-24)23(4)14-11-5-6-12(18)20-13(11)21-15(19)22-14/h5-6,10H,7-9H2,1-4H3/t10-/m1/s1. The van der Waals surface area contributed by atoms with Crippen molar-refractivity contribution in [2.75, 3.05) is 25.0 Å². The molecule has 3 rings (SSSR count). The lowest BCUT2D eigenvalue weighted by atomic mass is 10.2. The molecule has 1 fully saturated rings. The summed E-state index contributed by atoms with van der Waals surface area (Å²) < 4.78 is 5.46. The molecular formula is C17H21Cl2N5O2. The lowest BCUT2D eigenvalue weighted by molar-refractivity contribution is 0.0292. The summed E-state index contributed by atoms with van der Waals surface area (Å²) in [5.74, 6) is 0.667. The van der Waals surface area contributed by atoms with Gasteiger partial charge in [0.1, 0.15) is 16.6 Å². The van der Waals surface area contributed by atoms with Crippen LogP contribution in [0.25, 0.3) is 11.0 Å². The molecule has 2 aromatic rings. The van der Waals surface area contributed by atoms with Crippen LogP contribution in [0.1, 0.15) is 27.2 Å². The largest absolute Gasteiger partial charge is 0.444 e. The minimum absolute atomic E-state index is 0.0902. The van der Waals surface area contributed by atoms with Gasteiger partial charge in [0.05, 0.1) is 5.39 Å². The first kappa shape index (κ1) is 18.9. The third-order valence-corrected chi connectivity index (χ3v) is 4.55. The van der Waals surface area contributed by atoms with Gasteiger partial charge in [0, 0.05) is 26.2 Å². The van der Waals surface area contributed by atoms with Gasteiger partial charge in [-0.15, -0.1) is 0 Å². The number of aromatic nitrogens is 3. The number of halogens is 2. The van der Waals surface area contributed by atoms with Crippen LogP contribution >= 0.6 is 23.2 Å². The van der Waals surface area contributed by atoms with E-state index < -0.39 is 5.60 Å². The number of likely N-dealkylation sites (tertiary alicyclic amines) is 1. The lowest BCUT2D eigenvalue weighted by Crippen LogP contribution is -2.39. The predicted octanol–water partition coefficient (Wildman–Crippen LogP) is 3.78. The van der Waals surface area contributed by atoms with E-state index in [-0.39, 0.29) is 17.4 Å². The Balaban J connectivity index is 1.81. The number of pyridine rings is 1. The average Bonchev–Trinajstić information content (AvgIpc) is 3.01. The lowest BCUT2D eigenvalue weighted by Gasteiger charge is -2.28. The fourth-order valence-electron chi connectivity index (χ4n) is 2.94. The smallest absolute Gasteiger partial charge is 0.410 e. The molecule has 1 saturated heterocycles. The molecule has 7 nitrogen and oxygen atoms in total. The van der Waals surface area contributed by atoms with Crippen molar-refractivity contribution in [2.45, 2.75) is 38.8 Å². The first-order valence-electron chi connectivity index (χ1n) is 8.34. The maximum Gasteiger partial charge on any atom is 0.410 e. The fourth-order valence-corrected chi connectivity index (χ4v) is 3.24. The van der Waals surface area contributed by atoms with Crippen molar-refractivity contribution in [2.24, 2.45) is 0 Å². The summed E-state index contributed by atoms with van der Waals surface area (Å²) in [7, 11) is 1.93. The van der Waals surface area contributed by atoms with Crippen molar-refractivity contribution in [3.05, 3.63) is 22.6 Å². The van der Waals surface area contributed by atoms with Gasteiger partial charge in [-0.3, -0.25) is 0 Å². The number of amides is 1. The van der Waals surface area contributed by atoms with Crippen molar-refractivity contribution in [3.8, 4) is 0 Å². The van der Waals surface area contributed by atoms with Crippen molar-refractivity contribution in [1.82, 2.24) is 19.9 Å². The Hall–Kier alpha value is -1.86. The van der Waals surface area contributed by atoms with Crippen LogP contribution < -0.4 is 4.90 Å². The summed E-state index contributed by atoms with van der Waals surface area (Å²) >= 11 is 12.0. The van der Waals surface area contributed by atoms with Gasteiger partial charge < -0.3 is 14.5 Å². The van der Waals surface area contributed by atoms with Gasteiger partial charge in [0.15, 0.2) is 5.65 Å². The van der Waals surface area contributed by atoms with Crippen LogP contribution in [-0.2, 0) is 4.74 Å². The summed E-state index contributed by atoms with van der Waals surface area (Å²) in [6, 6.07) is 3.61. The minimum atomic E-state index is -0.512. The molecular weight excluding hydrogens is 377 g/mol. The average molecular weight is 398 g/mol. The molecule has 26 heavy (non-hydrogen) atoms. The number of ether oxygens (including phenoxy) is 1. The van der Waals surface area contributed by atoms with Crippen molar-refractivity contribution in [1.29, 1.82) is 0 Å². The van der Waals surface area contributed by atoms with Crippen molar-refractivity contribution in [3.63, 3.8) is 0 Å². The maximum absolute atomic E-state index is 12.3. The summed E-state index contributed by atoms with van der Waals surface area (Å²) in [6.45, 7) is 6.76. The van der Waals surface area contributed by atoms with E-state index in [9.17, 15) is 4.79 Å². The number of carbonyl (C=O) groups is 1. The van der Waals surface area contributed by atoms with Crippen LogP contribution in [0, 0.1) is 0 Å². The molecule has 0 saturated carbocycles. The molecule has 0 radical (unpaired) electrons. The second-order valence-electron chi connectivity index (χ2n) is 7.30. The van der Waals surface area contributed by atoms with Gasteiger partial charge in [0.25, 0.3) is 0 Å². The predicted molar refractivity (Wildman–Crippen MR) is 102 cm³/mol. The Morgan fingerprint density at radius 3 is 2.69 bits per heavy atom. The third-order valence-electron chi connectivity index (χ3n) is 4.18. The Bertz CT molecular complexity index is 834. The Morgan fingerprint density at radius 1 is 1.27 bits per heavy atom. The summed E-state index contributed by atoms with van der Waals surface area (Å²) in [4.78, 5) is 28.7. The van der Waals surface area contributed by atoms with E-state index in [2.05, 4.69) is 15.0 Å². The van der Waals surface area contributed by atoms with E-state index in [1.165, 1.54) is 0 Å². The van der Waals surface area contributed by atoms with Gasteiger partial charge in [-0.25, -0.2) is 9.78 Å². The van der Waals surface area contributed by atoms with E-state index in [0.717, 1.165) is 11.8 Å². The topological polar surface area (TPSA) is 71.5 Å². The molecule has 0 bridgehead atoms. The zero-order valence-electron chi connectivity index (χ0n) is 15.2. The van der Waals surface area contributed by atoms with Crippen LogP contribution in [0.4, 0.5) is 10.6 Å². The summed E-state index contributed by atoms with van der Waals surface area (Å²) in [5.41, 5.74) is -0.0658. The maximum atomic E-state index is 12.3. The second-order valence-corrected chi connectivity index (χ2v) is 8.03. The number of nitrogens with zero attached hydrogens (tertiary/aromatic N) is 5. The van der Waals surface area contributed by atoms with Crippen LogP contribution in [-0.4, -0.2) is 57.7 Å². The van der Waals surface area contributed by atoms with Crippen molar-refractivity contribution < 1.29 is 9.53 Å². The monoisotopic (exact) mass is 397 g/mol. The summed E-state index contributed by atoms with van der Waals surface area (Å²) in [6.07, 6.45) is 0.507. The van der Waals surface area contributed by atoms with Gasteiger partial charge in [0.2, 0.25) is 5.28 Å². The molecule has 1 aliphatic heterocycles. The van der Waals surface area contributed by atoms with Gasteiger partial charge in [-0.1, -0.05) is 11.6 Å². The number of likely N-dealkylation sites (N-methyl/N-ethyl adjacent to an activating group) is 1. The molecule has 1 atom stereocenters. The molecule has 0 spiro atoms. The zero-order valence-corrected chi connectivity index (χ0v) is 16.7. The molecule has 3 heterocycles. The SMILES string of the molecule is CN(c1nc(Cl)nc2nc(Cl)ccc12)[C@@H]1CCN(C(=O)OC(C)(C)C)C1. The molecule has 0 aromatic carbocycles. The Morgan fingerprint density at radius 2 is 2.00 bits per heavy atom. The number of anilines is 1. The molecule has 1 amide bonds. The highest BCUT2D eigenvalue weighted by Crippen LogP contribution is 2.28. The first-order valence-corrected chi connectivity index (χ1v) is 9.10. The van der Waals surface area contributed by atoms with Gasteiger partial charge in [-0.2, -0.15) is 9.97 Å². The second kappa shape index (κ2) is 7.04. The Kier molecular flexibility index (Phi) is 5.12. The molecule has 0 N–H and O–H groups in total. The number of carbonyl (C=O) groups excluding carboxylic acids is 1. The van der Waals surface area contributed by atoms with Crippen LogP contribution in [0.5, 0.6) is 0 Å². The normalized spacial score (nSPS) is 17.6. The van der Waals surface area contributed by atoms with E-state index in [4.69, 9.17) is 27.9 Å². The van der Waals surface area contributed by atoms with E-state index in [1.54, 1.807) is 11.0 Å². The molecule has 2 aromatic heterocycles. The van der Waals surface area contributed by atoms with Gasteiger partial charge in [-0.05, 0) is 50.9 Å². The third kappa shape index (κ3) is 4.10. The highest BCUT2D eigenvalue weighted by molar-refractivity contribution is 6.30. The number of rotatable bonds is 2. The quantitative estimate of drug-likeness (QED) is 0.567. The zero-order chi connectivity index (χ0) is 19.1. The number of hydrogen-bond acceptors (Lipinski definition) is 6. The van der Waals surface area contributed by atoms with Crippen LogP contribution in [0.2, 0.25) is 10.4 Å². The number of hydrogen-bond donors (Lipinski definition) is 0. The molecule has 140 valence electrons. The van der Waals surface area contributed by atoms with E-state index >= 15 is 0 Å². The minimum Gasteiger partial charge on any atom is -0.444 e. The van der Waals surface area contributed by atoms with Crippen LogP contribution in [0.3, 0.4) is 0 Å². The molecule has 0 unspecified atom stereocenters. The molecule has 0 aliphatic carbocycles. The summed E-state index contributed by atoms with van der Waals surface area (Å²) in [5, 5.41) is 1.21. The van der Waals surface area contributed by atoms with Crippen LogP contribution in [0.15, 0.2) is 12.1 Å². The highest BCUT2D eigenvalue weighted by atomic mass is 35.5. The fraction of sp³-hybridized carbons (Fsp3) is 0.529.